The molecule has 0 bridgehead atoms. The number of hydrogen-bond donors (Lipinski definition) is 0. The molecule has 0 spiro atoms. The molecule has 150 valence electrons. The van der Waals surface area contributed by atoms with Crippen molar-refractivity contribution in [2.24, 2.45) is 4.99 Å². The maximum atomic E-state index is 12.3. The van der Waals surface area contributed by atoms with Crippen LogP contribution in [0.2, 0.25) is 10.0 Å². The van der Waals surface area contributed by atoms with Crippen molar-refractivity contribution in [3.63, 3.8) is 0 Å². The third-order valence-corrected chi connectivity index (χ3v) is 4.92. The van der Waals surface area contributed by atoms with Gasteiger partial charge < -0.3 is 9.26 Å². The molecule has 2 heterocycles. The van der Waals surface area contributed by atoms with Gasteiger partial charge in [0, 0.05) is 12.1 Å². The van der Waals surface area contributed by atoms with E-state index in [9.17, 15) is 14.9 Å². The summed E-state index contributed by atoms with van der Waals surface area (Å²) < 4.78 is 10.7. The molecule has 1 aliphatic heterocycles. The lowest BCUT2D eigenvalue weighted by atomic mass is 10.1. The minimum Gasteiger partial charge on any atom is -0.402 e. The van der Waals surface area contributed by atoms with Crippen LogP contribution in [0, 0.1) is 17.0 Å². The average Bonchev–Trinajstić information content (AvgIpc) is 3.24. The van der Waals surface area contributed by atoms with Gasteiger partial charge in [-0.25, -0.2) is 9.79 Å². The van der Waals surface area contributed by atoms with Crippen LogP contribution in [0.3, 0.4) is 0 Å². The molecule has 1 aromatic heterocycles. The molecule has 2 aromatic carbocycles. The van der Waals surface area contributed by atoms with Gasteiger partial charge in [0.15, 0.2) is 11.5 Å². The second-order valence-corrected chi connectivity index (χ2v) is 7.07. The third-order valence-electron chi connectivity index (χ3n) is 4.29. The number of nitro benzene ring substituents is 1. The van der Waals surface area contributed by atoms with Crippen LogP contribution in [-0.4, -0.2) is 21.9 Å². The Labute approximate surface area is 179 Å². The van der Waals surface area contributed by atoms with E-state index in [-0.39, 0.29) is 23.0 Å². The van der Waals surface area contributed by atoms with Crippen molar-refractivity contribution in [2.75, 3.05) is 0 Å². The first-order chi connectivity index (χ1) is 14.3. The highest BCUT2D eigenvalue weighted by Crippen LogP contribution is 2.38. The average molecular weight is 444 g/mol. The van der Waals surface area contributed by atoms with Gasteiger partial charge in [-0.1, -0.05) is 34.4 Å². The van der Waals surface area contributed by atoms with E-state index in [1.54, 1.807) is 25.1 Å². The zero-order valence-corrected chi connectivity index (χ0v) is 16.8. The summed E-state index contributed by atoms with van der Waals surface area (Å²) in [7, 11) is 0. The van der Waals surface area contributed by atoms with E-state index < -0.39 is 10.9 Å². The zero-order valence-electron chi connectivity index (χ0n) is 15.3. The zero-order chi connectivity index (χ0) is 21.4. The number of cyclic esters (lactones) is 1. The fraction of sp³-hybridized carbons (Fsp3) is 0.0500. The summed E-state index contributed by atoms with van der Waals surface area (Å²) in [6.45, 7) is 1.67. The number of aliphatic imine (C=N–C) groups is 1. The quantitative estimate of drug-likeness (QED) is 0.237. The molecule has 3 aromatic rings. The van der Waals surface area contributed by atoms with Gasteiger partial charge in [0.05, 0.1) is 26.2 Å². The second kappa shape index (κ2) is 7.74. The number of hydrogen-bond acceptors (Lipinski definition) is 7. The van der Waals surface area contributed by atoms with Gasteiger partial charge in [0.2, 0.25) is 5.90 Å². The molecule has 1 aliphatic rings. The predicted molar refractivity (Wildman–Crippen MR) is 110 cm³/mol. The van der Waals surface area contributed by atoms with E-state index in [0.29, 0.717) is 32.4 Å². The van der Waals surface area contributed by atoms with Gasteiger partial charge in [-0.05, 0) is 42.8 Å². The van der Waals surface area contributed by atoms with Gasteiger partial charge in [-0.2, -0.15) is 0 Å². The second-order valence-electron chi connectivity index (χ2n) is 6.25. The summed E-state index contributed by atoms with van der Waals surface area (Å²) in [4.78, 5) is 26.9. The SMILES string of the molecule is Cc1noc(-c2c(Cl)cccc2Cl)c1C1=N/C(=C/c2ccc([N+](=O)[O-])cc2)C(=O)O1. The first-order valence-electron chi connectivity index (χ1n) is 8.53. The number of esters is 1. The molecule has 0 fully saturated rings. The molecule has 0 atom stereocenters. The van der Waals surface area contributed by atoms with E-state index in [4.69, 9.17) is 32.5 Å². The monoisotopic (exact) mass is 443 g/mol. The van der Waals surface area contributed by atoms with E-state index in [0.717, 1.165) is 0 Å². The number of aromatic nitrogens is 1. The summed E-state index contributed by atoms with van der Waals surface area (Å²) in [5, 5.41) is 15.4. The Bertz CT molecular complexity index is 1230. The normalized spacial score (nSPS) is 14.7. The third kappa shape index (κ3) is 3.58. The van der Waals surface area contributed by atoms with Crippen LogP contribution in [0.5, 0.6) is 0 Å². The summed E-state index contributed by atoms with van der Waals surface area (Å²) >= 11 is 12.5. The summed E-state index contributed by atoms with van der Waals surface area (Å²) in [5.41, 5.74) is 1.71. The molecule has 8 nitrogen and oxygen atoms in total. The Morgan fingerprint density at radius 3 is 2.37 bits per heavy atom. The Morgan fingerprint density at radius 1 is 1.07 bits per heavy atom. The number of carbonyl (C=O) groups excluding carboxylic acids is 1. The first-order valence-corrected chi connectivity index (χ1v) is 9.29. The highest BCUT2D eigenvalue weighted by atomic mass is 35.5. The molecule has 0 amide bonds. The molecule has 0 saturated carbocycles. The highest BCUT2D eigenvalue weighted by molar-refractivity contribution is 6.39. The molecule has 0 radical (unpaired) electrons. The van der Waals surface area contributed by atoms with E-state index in [1.165, 1.54) is 30.3 Å². The number of nitrogens with zero attached hydrogens (tertiary/aromatic N) is 3. The van der Waals surface area contributed by atoms with Crippen molar-refractivity contribution in [1.82, 2.24) is 5.16 Å². The van der Waals surface area contributed by atoms with Crippen LogP contribution in [0.1, 0.15) is 16.8 Å². The van der Waals surface area contributed by atoms with Gasteiger partial charge >= 0.3 is 5.97 Å². The molecule has 0 saturated heterocycles. The number of nitro groups is 1. The molecule has 30 heavy (non-hydrogen) atoms. The van der Waals surface area contributed by atoms with Crippen LogP contribution >= 0.6 is 23.2 Å². The van der Waals surface area contributed by atoms with Crippen molar-refractivity contribution >= 4 is 46.8 Å². The van der Waals surface area contributed by atoms with Crippen molar-refractivity contribution < 1.29 is 19.0 Å². The van der Waals surface area contributed by atoms with Crippen molar-refractivity contribution in [2.45, 2.75) is 6.92 Å². The molecule has 10 heteroatoms. The first kappa shape index (κ1) is 19.8. The van der Waals surface area contributed by atoms with Crippen LogP contribution < -0.4 is 0 Å². The van der Waals surface area contributed by atoms with Gasteiger partial charge in [0.1, 0.15) is 5.56 Å². The predicted octanol–water partition coefficient (Wildman–Crippen LogP) is 5.21. The van der Waals surface area contributed by atoms with E-state index in [1.807, 2.05) is 0 Å². The summed E-state index contributed by atoms with van der Waals surface area (Å²) in [6, 6.07) is 10.7. The number of halogens is 2. The van der Waals surface area contributed by atoms with Crippen molar-refractivity contribution in [1.29, 1.82) is 0 Å². The van der Waals surface area contributed by atoms with Crippen molar-refractivity contribution in [3.05, 3.63) is 85.1 Å². The maximum absolute atomic E-state index is 12.3. The number of ether oxygens (including phenoxy) is 1. The number of carbonyl (C=O) groups is 1. The van der Waals surface area contributed by atoms with Crippen LogP contribution in [-0.2, 0) is 9.53 Å². The lowest BCUT2D eigenvalue weighted by Crippen LogP contribution is -2.07. The Kier molecular flexibility index (Phi) is 5.11. The maximum Gasteiger partial charge on any atom is 0.363 e. The lowest BCUT2D eigenvalue weighted by Gasteiger charge is -2.05. The molecule has 0 aliphatic carbocycles. The Balaban J connectivity index is 1.75. The fourth-order valence-electron chi connectivity index (χ4n) is 2.87. The molecule has 0 N–H and O–H groups in total. The number of non-ortho nitro benzene ring substituents is 1. The minimum absolute atomic E-state index is 0.00195. The largest absolute Gasteiger partial charge is 0.402 e. The Morgan fingerprint density at radius 2 is 1.73 bits per heavy atom. The molecular formula is C20H11Cl2N3O5. The summed E-state index contributed by atoms with van der Waals surface area (Å²) in [6.07, 6.45) is 1.46. The van der Waals surface area contributed by atoms with E-state index in [2.05, 4.69) is 10.1 Å². The number of rotatable bonds is 4. The number of aryl methyl sites for hydroxylation is 1. The van der Waals surface area contributed by atoms with Crippen molar-refractivity contribution in [3.8, 4) is 11.3 Å². The van der Waals surface area contributed by atoms with Crippen LogP contribution in [0.4, 0.5) is 5.69 Å². The number of benzene rings is 2. The molecule has 0 unspecified atom stereocenters. The summed E-state index contributed by atoms with van der Waals surface area (Å²) in [5.74, 6) is -0.454. The molecular weight excluding hydrogens is 433 g/mol. The van der Waals surface area contributed by atoms with Gasteiger partial charge in [-0.15, -0.1) is 0 Å². The Hall–Kier alpha value is -3.49. The van der Waals surface area contributed by atoms with E-state index >= 15 is 0 Å². The lowest BCUT2D eigenvalue weighted by molar-refractivity contribution is -0.384. The van der Waals surface area contributed by atoms with Crippen LogP contribution in [0.15, 0.2) is 57.7 Å². The van der Waals surface area contributed by atoms with Crippen LogP contribution in [0.25, 0.3) is 17.4 Å². The fourth-order valence-corrected chi connectivity index (χ4v) is 3.44. The standard InChI is InChI=1S/C20H11Cl2N3O5/c1-10-16(18(30-24-10)17-13(21)3-2-4-14(17)22)19-23-15(20(26)29-19)9-11-5-7-12(8-6-11)25(27)28/h2-9H,1H3/b15-9+. The smallest absolute Gasteiger partial charge is 0.363 e. The topological polar surface area (TPSA) is 108 Å². The van der Waals surface area contributed by atoms with Gasteiger partial charge in [-0.3, -0.25) is 10.1 Å². The minimum atomic E-state index is -0.680. The molecule has 4 rings (SSSR count). The highest BCUT2D eigenvalue weighted by Gasteiger charge is 2.31. The van der Waals surface area contributed by atoms with Gasteiger partial charge in [0.25, 0.3) is 5.69 Å².